The molecular weight excluding hydrogens is 307 g/mol. The average molecular weight is 323 g/mol. The van der Waals surface area contributed by atoms with E-state index in [4.69, 9.17) is 32.7 Å². The van der Waals surface area contributed by atoms with Crippen molar-refractivity contribution in [2.24, 2.45) is 0 Å². The van der Waals surface area contributed by atoms with E-state index in [9.17, 15) is 0 Å². The molecule has 0 N–H and O–H groups in total. The highest BCUT2D eigenvalue weighted by molar-refractivity contribution is 6.32. The molecule has 0 fully saturated rings. The molecule has 2 nitrogen and oxygen atoms in total. The van der Waals surface area contributed by atoms with E-state index in [1.165, 1.54) is 11.1 Å². The molecule has 3 rings (SSSR count). The summed E-state index contributed by atoms with van der Waals surface area (Å²) in [6.07, 6.45) is 1.84. The summed E-state index contributed by atoms with van der Waals surface area (Å²) in [6.45, 7) is 1.39. The van der Waals surface area contributed by atoms with Crippen LogP contribution in [0, 0.1) is 0 Å². The number of hydrogen-bond donors (Lipinski definition) is 0. The van der Waals surface area contributed by atoms with Crippen molar-refractivity contribution in [3.8, 4) is 11.5 Å². The van der Waals surface area contributed by atoms with Crippen LogP contribution in [0.5, 0.6) is 11.5 Å². The van der Waals surface area contributed by atoms with Crippen molar-refractivity contribution in [1.82, 2.24) is 0 Å². The zero-order valence-corrected chi connectivity index (χ0v) is 13.1. The third-order valence-corrected chi connectivity index (χ3v) is 4.23. The molecule has 0 radical (unpaired) electrons. The molecule has 21 heavy (non-hydrogen) atoms. The fraction of sp³-hybridized carbons (Fsp3) is 0.294. The van der Waals surface area contributed by atoms with Crippen molar-refractivity contribution in [1.29, 1.82) is 0 Å². The molecule has 2 aromatic carbocycles. The van der Waals surface area contributed by atoms with Crippen molar-refractivity contribution >= 4 is 23.2 Å². The van der Waals surface area contributed by atoms with Crippen LogP contribution in [-0.4, -0.2) is 13.2 Å². The molecule has 0 amide bonds. The summed E-state index contributed by atoms with van der Waals surface area (Å²) in [6, 6.07) is 11.9. The van der Waals surface area contributed by atoms with Gasteiger partial charge in [-0.1, -0.05) is 29.8 Å². The van der Waals surface area contributed by atoms with E-state index >= 15 is 0 Å². The lowest BCUT2D eigenvalue weighted by Gasteiger charge is -2.11. The minimum Gasteiger partial charge on any atom is -0.493 e. The van der Waals surface area contributed by atoms with Gasteiger partial charge in [-0.2, -0.15) is 0 Å². The van der Waals surface area contributed by atoms with Crippen molar-refractivity contribution in [3.05, 3.63) is 58.1 Å². The van der Waals surface area contributed by atoms with E-state index in [-0.39, 0.29) is 0 Å². The maximum absolute atomic E-state index is 6.11. The van der Waals surface area contributed by atoms with Crippen LogP contribution in [0.15, 0.2) is 36.4 Å². The van der Waals surface area contributed by atoms with Gasteiger partial charge in [0.2, 0.25) is 0 Å². The number of rotatable bonds is 5. The number of hydrogen-bond acceptors (Lipinski definition) is 2. The summed E-state index contributed by atoms with van der Waals surface area (Å²) in [7, 11) is 0. The van der Waals surface area contributed by atoms with Gasteiger partial charge in [0.15, 0.2) is 0 Å². The Kier molecular flexibility index (Phi) is 4.57. The molecule has 0 aromatic heterocycles. The molecule has 110 valence electrons. The molecule has 1 heterocycles. The SMILES string of the molecule is ClCc1c(Cl)cccc1OCCc1ccc2c(c1)CCO2. The molecule has 0 unspecified atom stereocenters. The minimum atomic E-state index is 0.352. The maximum atomic E-state index is 6.11. The Morgan fingerprint density at radius 2 is 2.10 bits per heavy atom. The van der Waals surface area contributed by atoms with Crippen LogP contribution >= 0.6 is 23.2 Å². The van der Waals surface area contributed by atoms with Gasteiger partial charge < -0.3 is 9.47 Å². The molecule has 1 aliphatic rings. The summed E-state index contributed by atoms with van der Waals surface area (Å²) in [5.41, 5.74) is 3.40. The lowest BCUT2D eigenvalue weighted by molar-refractivity contribution is 0.319. The summed E-state index contributed by atoms with van der Waals surface area (Å²) < 4.78 is 11.3. The van der Waals surface area contributed by atoms with E-state index in [0.717, 1.165) is 36.5 Å². The zero-order chi connectivity index (χ0) is 14.7. The lowest BCUT2D eigenvalue weighted by Crippen LogP contribution is -2.03. The molecule has 0 saturated heterocycles. The standard InChI is InChI=1S/C17H16Cl2O2/c18-11-14-15(19)2-1-3-17(14)21-8-6-12-4-5-16-13(10-12)7-9-20-16/h1-5,10H,6-9,11H2. The predicted octanol–water partition coefficient (Wildman–Crippen LogP) is 4.64. The van der Waals surface area contributed by atoms with E-state index in [0.29, 0.717) is 17.5 Å². The van der Waals surface area contributed by atoms with E-state index in [2.05, 4.69) is 12.1 Å². The Balaban J connectivity index is 1.63. The fourth-order valence-corrected chi connectivity index (χ4v) is 3.05. The minimum absolute atomic E-state index is 0.352. The predicted molar refractivity (Wildman–Crippen MR) is 85.8 cm³/mol. The highest BCUT2D eigenvalue weighted by Crippen LogP contribution is 2.29. The van der Waals surface area contributed by atoms with Gasteiger partial charge in [-0.05, 0) is 29.3 Å². The van der Waals surface area contributed by atoms with Crippen LogP contribution < -0.4 is 9.47 Å². The van der Waals surface area contributed by atoms with Crippen LogP contribution in [0.3, 0.4) is 0 Å². The second-order valence-corrected chi connectivity index (χ2v) is 5.66. The number of ether oxygens (including phenoxy) is 2. The van der Waals surface area contributed by atoms with Gasteiger partial charge in [-0.15, -0.1) is 11.6 Å². The first kappa shape index (κ1) is 14.6. The monoisotopic (exact) mass is 322 g/mol. The van der Waals surface area contributed by atoms with Gasteiger partial charge >= 0.3 is 0 Å². The van der Waals surface area contributed by atoms with Crippen LogP contribution in [0.4, 0.5) is 0 Å². The van der Waals surface area contributed by atoms with Crippen molar-refractivity contribution < 1.29 is 9.47 Å². The number of benzene rings is 2. The van der Waals surface area contributed by atoms with E-state index < -0.39 is 0 Å². The van der Waals surface area contributed by atoms with Crippen molar-refractivity contribution in [2.75, 3.05) is 13.2 Å². The Morgan fingerprint density at radius 3 is 2.95 bits per heavy atom. The summed E-state index contributed by atoms with van der Waals surface area (Å²) in [5, 5.41) is 0.650. The van der Waals surface area contributed by atoms with Crippen LogP contribution in [-0.2, 0) is 18.7 Å². The molecule has 0 saturated carbocycles. The van der Waals surface area contributed by atoms with Gasteiger partial charge in [0.25, 0.3) is 0 Å². The van der Waals surface area contributed by atoms with Gasteiger partial charge in [0, 0.05) is 23.4 Å². The van der Waals surface area contributed by atoms with Crippen molar-refractivity contribution in [2.45, 2.75) is 18.7 Å². The van der Waals surface area contributed by atoms with Crippen LogP contribution in [0.1, 0.15) is 16.7 Å². The van der Waals surface area contributed by atoms with Crippen molar-refractivity contribution in [3.63, 3.8) is 0 Å². The highest BCUT2D eigenvalue weighted by Gasteiger charge is 2.12. The highest BCUT2D eigenvalue weighted by atomic mass is 35.5. The first-order valence-corrected chi connectivity index (χ1v) is 7.90. The molecule has 0 aliphatic carbocycles. The van der Waals surface area contributed by atoms with Crippen LogP contribution in [0.2, 0.25) is 5.02 Å². The fourth-order valence-electron chi connectivity index (χ4n) is 2.48. The molecule has 0 atom stereocenters. The van der Waals surface area contributed by atoms with Gasteiger partial charge in [-0.3, -0.25) is 0 Å². The summed E-state index contributed by atoms with van der Waals surface area (Å²) in [5.74, 6) is 2.13. The zero-order valence-electron chi connectivity index (χ0n) is 11.6. The quantitative estimate of drug-likeness (QED) is 0.747. The number of fused-ring (bicyclic) bond motifs is 1. The topological polar surface area (TPSA) is 18.5 Å². The number of halogens is 2. The second-order valence-electron chi connectivity index (χ2n) is 4.99. The first-order chi connectivity index (χ1) is 10.3. The normalized spacial score (nSPS) is 12.9. The second kappa shape index (κ2) is 6.59. The largest absolute Gasteiger partial charge is 0.493 e. The average Bonchev–Trinajstić information content (AvgIpc) is 2.95. The molecule has 0 bridgehead atoms. The molecule has 2 aromatic rings. The Bertz CT molecular complexity index is 641. The van der Waals surface area contributed by atoms with E-state index in [1.807, 2.05) is 24.3 Å². The lowest BCUT2D eigenvalue weighted by atomic mass is 10.1. The summed E-state index contributed by atoms with van der Waals surface area (Å²) >= 11 is 12.0. The van der Waals surface area contributed by atoms with Gasteiger partial charge in [-0.25, -0.2) is 0 Å². The molecule has 4 heteroatoms. The van der Waals surface area contributed by atoms with Crippen LogP contribution in [0.25, 0.3) is 0 Å². The smallest absolute Gasteiger partial charge is 0.125 e. The molecule has 1 aliphatic heterocycles. The molecule has 0 spiro atoms. The third kappa shape index (κ3) is 3.28. The summed E-state index contributed by atoms with van der Waals surface area (Å²) in [4.78, 5) is 0. The Hall–Kier alpha value is -1.38. The first-order valence-electron chi connectivity index (χ1n) is 6.98. The Morgan fingerprint density at radius 1 is 1.19 bits per heavy atom. The maximum Gasteiger partial charge on any atom is 0.125 e. The Labute approximate surface area is 134 Å². The van der Waals surface area contributed by atoms with Gasteiger partial charge in [0.1, 0.15) is 11.5 Å². The van der Waals surface area contributed by atoms with E-state index in [1.54, 1.807) is 0 Å². The number of alkyl halides is 1. The van der Waals surface area contributed by atoms with Gasteiger partial charge in [0.05, 0.1) is 19.1 Å². The third-order valence-electron chi connectivity index (χ3n) is 3.61. The molecular formula is C17H16Cl2O2.